The predicted octanol–water partition coefficient (Wildman–Crippen LogP) is 7.44. The Morgan fingerprint density at radius 1 is 0.450 bits per heavy atom. The number of carbonyl (C=O) groups is 4. The van der Waals surface area contributed by atoms with Gasteiger partial charge < -0.3 is 50.8 Å². The van der Waals surface area contributed by atoms with Gasteiger partial charge in [0.2, 0.25) is 0 Å². The SMILES string of the molecule is CCn1c2ccccc2c2cc(NCCCNCc3cccc(CNCCCNc4ccc5c(c4)c4ccccc4n5CC)c3)ccc21.O=C(O)C(=O)O.O=C(O)C(=O)O. The lowest BCUT2D eigenvalue weighted by Crippen LogP contribution is -2.19. The third-order valence-corrected chi connectivity index (χ3v) is 9.91. The fourth-order valence-electron chi connectivity index (χ4n) is 7.22. The first-order chi connectivity index (χ1) is 29.0. The number of aliphatic carboxylic acids is 4. The van der Waals surface area contributed by atoms with Crippen LogP contribution in [0.15, 0.2) is 109 Å². The van der Waals surface area contributed by atoms with E-state index in [1.165, 1.54) is 66.1 Å². The molecule has 314 valence electrons. The third kappa shape index (κ3) is 11.6. The lowest BCUT2D eigenvalue weighted by Gasteiger charge is -2.10. The predicted molar refractivity (Wildman–Crippen MR) is 237 cm³/mol. The first-order valence-corrected chi connectivity index (χ1v) is 19.9. The summed E-state index contributed by atoms with van der Waals surface area (Å²) < 4.78 is 4.80. The highest BCUT2D eigenvalue weighted by Gasteiger charge is 2.11. The molecule has 5 aromatic carbocycles. The van der Waals surface area contributed by atoms with Crippen LogP contribution < -0.4 is 21.3 Å². The number of nitrogens with one attached hydrogen (secondary N) is 4. The van der Waals surface area contributed by atoms with Crippen LogP contribution in [0.3, 0.4) is 0 Å². The van der Waals surface area contributed by atoms with Crippen molar-refractivity contribution in [1.29, 1.82) is 0 Å². The van der Waals surface area contributed by atoms with Crippen molar-refractivity contribution in [2.75, 3.05) is 36.8 Å². The van der Waals surface area contributed by atoms with Crippen LogP contribution in [-0.2, 0) is 45.4 Å². The average molecular weight is 817 g/mol. The fourth-order valence-corrected chi connectivity index (χ4v) is 7.22. The van der Waals surface area contributed by atoms with Gasteiger partial charge >= 0.3 is 23.9 Å². The number of aromatic nitrogens is 2. The molecule has 14 nitrogen and oxygen atoms in total. The van der Waals surface area contributed by atoms with E-state index in [0.29, 0.717) is 0 Å². The zero-order chi connectivity index (χ0) is 43.0. The highest BCUT2D eigenvalue weighted by Crippen LogP contribution is 2.32. The molecule has 0 aliphatic heterocycles. The molecule has 0 radical (unpaired) electrons. The maximum absolute atomic E-state index is 9.10. The van der Waals surface area contributed by atoms with Gasteiger partial charge in [0.05, 0.1) is 0 Å². The Morgan fingerprint density at radius 3 is 1.22 bits per heavy atom. The molecule has 0 saturated carbocycles. The Balaban J connectivity index is 0.000000500. The van der Waals surface area contributed by atoms with Gasteiger partial charge in [-0.15, -0.1) is 0 Å². The highest BCUT2D eigenvalue weighted by atomic mass is 16.4. The number of rotatable bonds is 16. The van der Waals surface area contributed by atoms with Crippen molar-refractivity contribution in [2.45, 2.75) is 52.9 Å². The van der Waals surface area contributed by atoms with Crippen LogP contribution >= 0.6 is 0 Å². The minimum Gasteiger partial charge on any atom is -0.473 e. The molecule has 8 N–H and O–H groups in total. The molecule has 0 atom stereocenters. The van der Waals surface area contributed by atoms with Crippen molar-refractivity contribution in [1.82, 2.24) is 19.8 Å². The van der Waals surface area contributed by atoms with E-state index in [1.54, 1.807) is 0 Å². The second-order valence-corrected chi connectivity index (χ2v) is 13.9. The number of hydrogen-bond donors (Lipinski definition) is 8. The quantitative estimate of drug-likeness (QED) is 0.0354. The van der Waals surface area contributed by atoms with E-state index < -0.39 is 23.9 Å². The van der Waals surface area contributed by atoms with Crippen molar-refractivity contribution in [3.05, 3.63) is 120 Å². The van der Waals surface area contributed by atoms with Gasteiger partial charge in [-0.25, -0.2) is 19.2 Å². The Hall–Kier alpha value is -6.90. The van der Waals surface area contributed by atoms with Crippen LogP contribution in [-0.4, -0.2) is 79.6 Å². The number of hydrogen-bond acceptors (Lipinski definition) is 8. The maximum Gasteiger partial charge on any atom is 0.414 e. The van der Waals surface area contributed by atoms with Crippen molar-refractivity contribution >= 4 is 78.9 Å². The largest absolute Gasteiger partial charge is 0.473 e. The normalized spacial score (nSPS) is 10.8. The van der Waals surface area contributed by atoms with E-state index in [2.05, 4.69) is 153 Å². The molecule has 7 rings (SSSR count). The highest BCUT2D eigenvalue weighted by molar-refractivity contribution is 6.28. The molecular formula is C46H52N6O8. The Labute approximate surface area is 347 Å². The lowest BCUT2D eigenvalue weighted by molar-refractivity contribution is -0.159. The number of fused-ring (bicyclic) bond motifs is 6. The summed E-state index contributed by atoms with van der Waals surface area (Å²) >= 11 is 0. The monoisotopic (exact) mass is 816 g/mol. The molecule has 60 heavy (non-hydrogen) atoms. The summed E-state index contributed by atoms with van der Waals surface area (Å²) in [6, 6.07) is 39.9. The third-order valence-electron chi connectivity index (χ3n) is 9.91. The summed E-state index contributed by atoms with van der Waals surface area (Å²) in [5, 5.41) is 49.4. The van der Waals surface area contributed by atoms with E-state index >= 15 is 0 Å². The molecule has 14 heteroatoms. The van der Waals surface area contributed by atoms with Crippen LogP contribution in [0.4, 0.5) is 11.4 Å². The summed E-state index contributed by atoms with van der Waals surface area (Å²) in [7, 11) is 0. The Morgan fingerprint density at radius 2 is 0.833 bits per heavy atom. The van der Waals surface area contributed by atoms with Crippen LogP contribution in [0.2, 0.25) is 0 Å². The number of anilines is 2. The second kappa shape index (κ2) is 21.7. The summed E-state index contributed by atoms with van der Waals surface area (Å²) in [4.78, 5) is 36.4. The standard InChI is InChI=1S/C42H48N6.2C2H2O4/c1-3-47-39-16-7-5-14-35(39)37-27-33(18-20-41(37)47)45-24-10-22-43-29-31-12-9-13-32(26-31)30-44-23-11-25-46-34-19-21-42-38(28-34)36-15-6-8-17-40(36)48(42)4-2;2*3-1(4)2(5)6/h5-9,12-21,26-28,43-46H,3-4,10-11,22-25,29-30H2,1-2H3;2*(H,3,4)(H,5,6). The van der Waals surface area contributed by atoms with Crippen molar-refractivity contribution in [3.8, 4) is 0 Å². The molecule has 7 aromatic rings. The van der Waals surface area contributed by atoms with E-state index in [1.807, 2.05) is 0 Å². The van der Waals surface area contributed by atoms with Gasteiger partial charge in [-0.3, -0.25) is 0 Å². The Kier molecular flexibility index (Phi) is 16.0. The first kappa shape index (κ1) is 44.2. The van der Waals surface area contributed by atoms with E-state index in [-0.39, 0.29) is 0 Å². The topological polar surface area (TPSA) is 207 Å². The van der Waals surface area contributed by atoms with Gasteiger partial charge in [-0.1, -0.05) is 60.7 Å². The lowest BCUT2D eigenvalue weighted by atomic mass is 10.1. The minimum atomic E-state index is -1.82. The molecular weight excluding hydrogens is 765 g/mol. The second-order valence-electron chi connectivity index (χ2n) is 13.9. The van der Waals surface area contributed by atoms with Gasteiger partial charge in [0, 0.05) is 94.3 Å². The van der Waals surface area contributed by atoms with Crippen molar-refractivity contribution < 1.29 is 39.6 Å². The molecule has 0 fully saturated rings. The number of aryl methyl sites for hydroxylation is 2. The van der Waals surface area contributed by atoms with Gasteiger partial charge in [0.15, 0.2) is 0 Å². The molecule has 2 aromatic heterocycles. The average Bonchev–Trinajstić information content (AvgIpc) is 3.75. The number of benzene rings is 5. The molecule has 0 amide bonds. The van der Waals surface area contributed by atoms with E-state index in [4.69, 9.17) is 39.6 Å². The Bertz CT molecular complexity index is 2380. The van der Waals surface area contributed by atoms with Crippen molar-refractivity contribution in [3.63, 3.8) is 0 Å². The van der Waals surface area contributed by atoms with Gasteiger partial charge in [0.1, 0.15) is 0 Å². The number of para-hydroxylation sites is 2. The molecule has 0 aliphatic carbocycles. The molecule has 0 spiro atoms. The van der Waals surface area contributed by atoms with Crippen LogP contribution in [0.5, 0.6) is 0 Å². The van der Waals surface area contributed by atoms with Crippen LogP contribution in [0.25, 0.3) is 43.6 Å². The van der Waals surface area contributed by atoms with E-state index in [9.17, 15) is 0 Å². The number of carboxylic acids is 4. The van der Waals surface area contributed by atoms with Crippen molar-refractivity contribution in [2.24, 2.45) is 0 Å². The zero-order valence-corrected chi connectivity index (χ0v) is 33.8. The molecule has 0 aliphatic rings. The zero-order valence-electron chi connectivity index (χ0n) is 33.8. The summed E-state index contributed by atoms with van der Waals surface area (Å²) in [5.74, 6) is -7.30. The van der Waals surface area contributed by atoms with Gasteiger partial charge in [0.25, 0.3) is 0 Å². The number of carboxylic acid groups (broad SMARTS) is 4. The molecule has 0 bridgehead atoms. The molecule has 0 unspecified atom stereocenters. The molecule has 2 heterocycles. The minimum absolute atomic E-state index is 0.890. The van der Waals surface area contributed by atoms with Crippen LogP contribution in [0.1, 0.15) is 37.8 Å². The fraction of sp³-hybridized carbons (Fsp3) is 0.261. The summed E-state index contributed by atoms with van der Waals surface area (Å²) in [6.07, 6.45) is 2.14. The van der Waals surface area contributed by atoms with Crippen LogP contribution in [0, 0.1) is 0 Å². The van der Waals surface area contributed by atoms with Gasteiger partial charge in [-0.05, 0) is 99.4 Å². The maximum atomic E-state index is 9.10. The summed E-state index contributed by atoms with van der Waals surface area (Å²) in [6.45, 7) is 12.0. The number of nitrogens with zero attached hydrogens (tertiary/aromatic N) is 2. The van der Waals surface area contributed by atoms with E-state index in [0.717, 1.165) is 65.2 Å². The summed E-state index contributed by atoms with van der Waals surface area (Å²) in [5.41, 5.74) is 10.3. The van der Waals surface area contributed by atoms with Gasteiger partial charge in [-0.2, -0.15) is 0 Å². The first-order valence-electron chi connectivity index (χ1n) is 19.9. The molecule has 0 saturated heterocycles. The smallest absolute Gasteiger partial charge is 0.414 e.